The van der Waals surface area contributed by atoms with Gasteiger partial charge in [-0.3, -0.25) is 4.79 Å². The van der Waals surface area contributed by atoms with Crippen LogP contribution in [-0.4, -0.2) is 26.2 Å². The Kier molecular flexibility index (Phi) is 4.81. The maximum Gasteiger partial charge on any atom is 0.227 e. The van der Waals surface area contributed by atoms with Crippen LogP contribution in [0.15, 0.2) is 48.5 Å². The normalized spacial score (nSPS) is 16.1. The molecule has 2 aromatic carbocycles. The molecular weight excluding hydrogens is 290 g/mol. The molecule has 120 valence electrons. The summed E-state index contributed by atoms with van der Waals surface area (Å²) in [6.07, 6.45) is 1.53. The van der Waals surface area contributed by atoms with E-state index < -0.39 is 0 Å². The largest absolute Gasteiger partial charge is 0.497 e. The molecule has 0 aromatic heterocycles. The second kappa shape index (κ2) is 7.18. The second-order valence-corrected chi connectivity index (χ2v) is 5.62. The minimum Gasteiger partial charge on any atom is -0.497 e. The fourth-order valence-electron chi connectivity index (χ4n) is 2.86. The SMILES string of the molecule is COc1ccc(CCNC(=O)C2CCOc3ccccc32)cc1. The molecule has 1 heterocycles. The molecule has 23 heavy (non-hydrogen) atoms. The first-order valence-electron chi connectivity index (χ1n) is 7.90. The van der Waals surface area contributed by atoms with Crippen molar-refractivity contribution < 1.29 is 14.3 Å². The number of hydrogen-bond donors (Lipinski definition) is 1. The topological polar surface area (TPSA) is 47.6 Å². The van der Waals surface area contributed by atoms with Gasteiger partial charge >= 0.3 is 0 Å². The van der Waals surface area contributed by atoms with Gasteiger partial charge in [0.05, 0.1) is 19.6 Å². The first-order chi connectivity index (χ1) is 11.3. The molecule has 0 fully saturated rings. The van der Waals surface area contributed by atoms with Gasteiger partial charge in [0.2, 0.25) is 5.91 Å². The highest BCUT2D eigenvalue weighted by atomic mass is 16.5. The zero-order valence-electron chi connectivity index (χ0n) is 13.2. The second-order valence-electron chi connectivity index (χ2n) is 5.62. The average molecular weight is 311 g/mol. The number of ether oxygens (including phenoxy) is 2. The van der Waals surface area contributed by atoms with Gasteiger partial charge in [0.25, 0.3) is 0 Å². The molecular formula is C19H21NO3. The van der Waals surface area contributed by atoms with Crippen molar-refractivity contribution in [1.82, 2.24) is 5.32 Å². The van der Waals surface area contributed by atoms with E-state index in [4.69, 9.17) is 9.47 Å². The Balaban J connectivity index is 1.55. The number of hydrogen-bond acceptors (Lipinski definition) is 3. The Labute approximate surface area is 136 Å². The van der Waals surface area contributed by atoms with Crippen LogP contribution in [0, 0.1) is 0 Å². The average Bonchev–Trinajstić information content (AvgIpc) is 2.61. The van der Waals surface area contributed by atoms with Crippen LogP contribution in [0.5, 0.6) is 11.5 Å². The summed E-state index contributed by atoms with van der Waals surface area (Å²) >= 11 is 0. The molecule has 0 radical (unpaired) electrons. The molecule has 0 aliphatic carbocycles. The minimum atomic E-state index is -0.115. The van der Waals surface area contributed by atoms with Gasteiger partial charge in [0, 0.05) is 12.1 Å². The van der Waals surface area contributed by atoms with Gasteiger partial charge in [-0.2, -0.15) is 0 Å². The predicted octanol–water partition coefficient (Wildman–Crippen LogP) is 2.92. The van der Waals surface area contributed by atoms with E-state index in [1.807, 2.05) is 48.5 Å². The first kappa shape index (κ1) is 15.4. The van der Waals surface area contributed by atoms with E-state index in [2.05, 4.69) is 5.32 Å². The Morgan fingerprint density at radius 1 is 1.22 bits per heavy atom. The number of methoxy groups -OCH3 is 1. The van der Waals surface area contributed by atoms with E-state index in [1.165, 1.54) is 5.56 Å². The number of carbonyl (C=O) groups is 1. The molecule has 4 nitrogen and oxygen atoms in total. The molecule has 1 aliphatic heterocycles. The summed E-state index contributed by atoms with van der Waals surface area (Å²) in [5.74, 6) is 1.63. The van der Waals surface area contributed by atoms with Gasteiger partial charge in [-0.05, 0) is 36.6 Å². The number of nitrogens with one attached hydrogen (secondary N) is 1. The van der Waals surface area contributed by atoms with Crippen LogP contribution < -0.4 is 14.8 Å². The fourth-order valence-corrected chi connectivity index (χ4v) is 2.86. The van der Waals surface area contributed by atoms with E-state index in [1.54, 1.807) is 7.11 Å². The third kappa shape index (κ3) is 3.65. The number of fused-ring (bicyclic) bond motifs is 1. The van der Waals surface area contributed by atoms with Crippen molar-refractivity contribution in [3.05, 3.63) is 59.7 Å². The molecule has 1 N–H and O–H groups in total. The monoisotopic (exact) mass is 311 g/mol. The summed E-state index contributed by atoms with van der Waals surface area (Å²) in [7, 11) is 1.65. The lowest BCUT2D eigenvalue weighted by molar-refractivity contribution is -0.123. The van der Waals surface area contributed by atoms with Gasteiger partial charge in [-0.15, -0.1) is 0 Å². The molecule has 0 spiro atoms. The zero-order chi connectivity index (χ0) is 16.1. The lowest BCUT2D eigenvalue weighted by Gasteiger charge is -2.25. The molecule has 0 bridgehead atoms. The van der Waals surface area contributed by atoms with E-state index in [-0.39, 0.29) is 11.8 Å². The molecule has 1 amide bonds. The van der Waals surface area contributed by atoms with Crippen molar-refractivity contribution in [2.75, 3.05) is 20.3 Å². The molecule has 0 saturated heterocycles. The fraction of sp³-hybridized carbons (Fsp3) is 0.316. The smallest absolute Gasteiger partial charge is 0.227 e. The van der Waals surface area contributed by atoms with Crippen LogP contribution in [0.25, 0.3) is 0 Å². The summed E-state index contributed by atoms with van der Waals surface area (Å²) < 4.78 is 10.8. The van der Waals surface area contributed by atoms with Crippen LogP contribution in [0.2, 0.25) is 0 Å². The highest BCUT2D eigenvalue weighted by molar-refractivity contribution is 5.84. The lowest BCUT2D eigenvalue weighted by Crippen LogP contribution is -2.33. The third-order valence-electron chi connectivity index (χ3n) is 4.15. The zero-order valence-corrected chi connectivity index (χ0v) is 13.2. The molecule has 1 unspecified atom stereocenters. The molecule has 1 atom stereocenters. The van der Waals surface area contributed by atoms with Gasteiger partial charge in [0.1, 0.15) is 11.5 Å². The van der Waals surface area contributed by atoms with Gasteiger partial charge in [-0.25, -0.2) is 0 Å². The molecule has 2 aromatic rings. The molecule has 3 rings (SSSR count). The number of amides is 1. The highest BCUT2D eigenvalue weighted by Gasteiger charge is 2.26. The maximum absolute atomic E-state index is 12.5. The Morgan fingerprint density at radius 2 is 2.00 bits per heavy atom. The minimum absolute atomic E-state index is 0.0780. The summed E-state index contributed by atoms with van der Waals surface area (Å²) in [5.41, 5.74) is 2.17. The number of rotatable bonds is 5. The van der Waals surface area contributed by atoms with E-state index in [0.29, 0.717) is 13.2 Å². The Hall–Kier alpha value is -2.49. The Morgan fingerprint density at radius 3 is 2.78 bits per heavy atom. The van der Waals surface area contributed by atoms with Crippen molar-refractivity contribution in [3.63, 3.8) is 0 Å². The van der Waals surface area contributed by atoms with Crippen molar-refractivity contribution in [3.8, 4) is 11.5 Å². The molecule has 1 aliphatic rings. The van der Waals surface area contributed by atoms with Crippen molar-refractivity contribution in [1.29, 1.82) is 0 Å². The van der Waals surface area contributed by atoms with Crippen LogP contribution in [-0.2, 0) is 11.2 Å². The third-order valence-corrected chi connectivity index (χ3v) is 4.15. The van der Waals surface area contributed by atoms with E-state index in [0.717, 1.165) is 29.9 Å². The van der Waals surface area contributed by atoms with Gasteiger partial charge in [-0.1, -0.05) is 30.3 Å². The molecule has 4 heteroatoms. The van der Waals surface area contributed by atoms with Gasteiger partial charge in [0.15, 0.2) is 0 Å². The van der Waals surface area contributed by atoms with E-state index >= 15 is 0 Å². The summed E-state index contributed by atoms with van der Waals surface area (Å²) in [5, 5.41) is 3.04. The van der Waals surface area contributed by atoms with Crippen LogP contribution in [0.3, 0.4) is 0 Å². The van der Waals surface area contributed by atoms with Crippen LogP contribution in [0.1, 0.15) is 23.5 Å². The van der Waals surface area contributed by atoms with Crippen molar-refractivity contribution in [2.45, 2.75) is 18.8 Å². The van der Waals surface area contributed by atoms with Crippen LogP contribution in [0.4, 0.5) is 0 Å². The number of para-hydroxylation sites is 1. The van der Waals surface area contributed by atoms with Crippen LogP contribution >= 0.6 is 0 Å². The quantitative estimate of drug-likeness (QED) is 0.923. The maximum atomic E-state index is 12.5. The standard InChI is InChI=1S/C19H21NO3/c1-22-15-8-6-14(7-9-15)10-12-20-19(21)17-11-13-23-18-5-3-2-4-16(17)18/h2-9,17H,10-13H2,1H3,(H,20,21). The van der Waals surface area contributed by atoms with Crippen molar-refractivity contribution in [2.24, 2.45) is 0 Å². The molecule has 0 saturated carbocycles. The van der Waals surface area contributed by atoms with Crippen molar-refractivity contribution >= 4 is 5.91 Å². The predicted molar refractivity (Wildman–Crippen MR) is 89.0 cm³/mol. The summed E-state index contributed by atoms with van der Waals surface area (Å²) in [6.45, 7) is 1.22. The lowest BCUT2D eigenvalue weighted by atomic mass is 9.92. The Bertz CT molecular complexity index is 667. The van der Waals surface area contributed by atoms with E-state index in [9.17, 15) is 4.79 Å². The summed E-state index contributed by atoms with van der Waals surface area (Å²) in [6, 6.07) is 15.7. The van der Waals surface area contributed by atoms with Gasteiger partial charge < -0.3 is 14.8 Å². The summed E-state index contributed by atoms with van der Waals surface area (Å²) in [4.78, 5) is 12.5. The number of benzene rings is 2. The first-order valence-corrected chi connectivity index (χ1v) is 7.90. The highest BCUT2D eigenvalue weighted by Crippen LogP contribution is 2.33. The number of carbonyl (C=O) groups excluding carboxylic acids is 1.